The second-order valence-corrected chi connectivity index (χ2v) is 50.0. The molecule has 6 aromatic carbocycles. The van der Waals surface area contributed by atoms with Crippen LogP contribution in [-0.2, 0) is 24.7 Å². The van der Waals surface area contributed by atoms with E-state index in [2.05, 4.69) is 361 Å². The quantitative estimate of drug-likeness (QED) is 0.159. The van der Waals surface area contributed by atoms with E-state index in [4.69, 9.17) is 0 Å². The van der Waals surface area contributed by atoms with Crippen molar-refractivity contribution in [2.75, 3.05) is 0 Å². The summed E-state index contributed by atoms with van der Waals surface area (Å²) in [4.78, 5) is 0. The van der Waals surface area contributed by atoms with Gasteiger partial charge in [0.2, 0.25) is 0 Å². The molecule has 10 aliphatic rings. The van der Waals surface area contributed by atoms with Crippen LogP contribution in [0.15, 0.2) is 182 Å². The van der Waals surface area contributed by atoms with Crippen LogP contribution in [0.5, 0.6) is 0 Å². The van der Waals surface area contributed by atoms with Gasteiger partial charge in [-0.05, 0) is 13.8 Å². The third-order valence-corrected chi connectivity index (χ3v) is 48.0. The first-order chi connectivity index (χ1) is 42.2. The van der Waals surface area contributed by atoms with Crippen LogP contribution in [0.2, 0.25) is 0 Å². The number of amidine groups is 4. The average Bonchev–Trinajstić information content (AvgIpc) is 0.561. The summed E-state index contributed by atoms with van der Waals surface area (Å²) in [6.45, 7) is 58.2. The summed E-state index contributed by atoms with van der Waals surface area (Å²) in [7, 11) is -23.0. The minimum Gasteiger partial charge on any atom is -0.0622 e. The Morgan fingerprint density at radius 2 is 0.370 bits per heavy atom. The molecule has 16 rings (SSSR count). The van der Waals surface area contributed by atoms with Crippen molar-refractivity contribution < 1.29 is 41.7 Å². The average molecular weight is 1320 g/mol. The standard InChI is InChI=1S/C60H92N8O6Si4.2C7H8/c1-53(2,3)61-49(45-37-29-25-30-38-45)62(54(4,5)6)75(61)69-76(70-75,63(55(7,8)9)50(64(76)56(10,11)12)46-39-31-26-32-40-46)74-78(67(59(19,20)21)52(68(78)60(22,23)24)48-43-35-28-36-44-48)71-77(72-78,73-75)65(57(13,14)15)51(66(77)58(16,17)18)47-41-33-27-34-42-47;2*1-7-5-3-2-4-6-7/h25-44H,1-24H3;2*2-6H,1H3. The van der Waals surface area contributed by atoms with Crippen LogP contribution in [0, 0.1) is 13.8 Å². The molecule has 0 unspecified atom stereocenters. The summed E-state index contributed by atoms with van der Waals surface area (Å²) in [5.41, 5.74) is 1.10. The van der Waals surface area contributed by atoms with Gasteiger partial charge in [0, 0.05) is 0 Å². The summed E-state index contributed by atoms with van der Waals surface area (Å²) in [5, 5.41) is 0. The topological polar surface area (TPSA) is 80.4 Å². The third kappa shape index (κ3) is 9.21. The zero-order chi connectivity index (χ0) is 67.6. The van der Waals surface area contributed by atoms with Gasteiger partial charge in [-0.1, -0.05) is 71.8 Å². The molecule has 0 N–H and O–H groups in total. The van der Waals surface area contributed by atoms with E-state index in [1.54, 1.807) is 0 Å². The summed E-state index contributed by atoms with van der Waals surface area (Å²) >= 11 is 0. The Labute approximate surface area is 553 Å². The van der Waals surface area contributed by atoms with E-state index in [0.717, 1.165) is 45.6 Å². The minimum absolute atomic E-state index is 0.700. The van der Waals surface area contributed by atoms with E-state index >= 15 is 0 Å². The molecule has 18 heteroatoms. The van der Waals surface area contributed by atoms with Crippen LogP contribution in [0.25, 0.3) is 0 Å². The molecule has 6 fully saturated rings. The second-order valence-electron chi connectivity index (χ2n) is 34.3. The fourth-order valence-corrected chi connectivity index (χ4v) is 58.0. The Bertz CT molecular complexity index is 3520. The molecule has 4 spiro atoms. The minimum atomic E-state index is -5.75. The van der Waals surface area contributed by atoms with Crippen molar-refractivity contribution in [3.05, 3.63) is 215 Å². The van der Waals surface area contributed by atoms with Crippen molar-refractivity contribution in [3.63, 3.8) is 0 Å². The molecule has 0 aromatic heterocycles. The maximum absolute atomic E-state index is 9.23. The molecule has 92 heavy (non-hydrogen) atoms. The van der Waals surface area contributed by atoms with Crippen LogP contribution >= 0.6 is 0 Å². The molecule has 496 valence electrons. The van der Waals surface area contributed by atoms with Gasteiger partial charge in [0.15, 0.2) is 0 Å². The van der Waals surface area contributed by atoms with Gasteiger partial charge in [-0.25, -0.2) is 0 Å². The fourth-order valence-electron chi connectivity index (χ4n) is 16.6. The van der Waals surface area contributed by atoms with E-state index < -0.39 is 77.9 Å². The van der Waals surface area contributed by atoms with Crippen molar-refractivity contribution in [1.29, 1.82) is 0 Å². The maximum Gasteiger partial charge on any atom is -0.0398 e. The summed E-state index contributed by atoms with van der Waals surface area (Å²) in [6, 6.07) is 63.2. The van der Waals surface area contributed by atoms with Crippen LogP contribution in [-0.4, -0.2) is 136 Å². The molecule has 0 atom stereocenters. The van der Waals surface area contributed by atoms with Crippen LogP contribution in [0.4, 0.5) is 0 Å². The van der Waals surface area contributed by atoms with Crippen molar-refractivity contribution in [3.8, 4) is 0 Å². The largest absolute Gasteiger partial charge is 0.0622 e. The smallest absolute Gasteiger partial charge is 0.0398 e. The van der Waals surface area contributed by atoms with Gasteiger partial charge in [0.25, 0.3) is 0 Å². The van der Waals surface area contributed by atoms with Crippen LogP contribution in [0.1, 0.15) is 200 Å². The summed E-state index contributed by atoms with van der Waals surface area (Å²) < 4.78 is 74.6. The van der Waals surface area contributed by atoms with Crippen molar-refractivity contribution in [2.45, 2.75) is 224 Å². The van der Waals surface area contributed by atoms with Gasteiger partial charge >= 0.3 is 471 Å². The van der Waals surface area contributed by atoms with Crippen molar-refractivity contribution >= 4 is 57.0 Å². The monoisotopic (exact) mass is 1320 g/mol. The van der Waals surface area contributed by atoms with Gasteiger partial charge in [-0.3, -0.25) is 0 Å². The van der Waals surface area contributed by atoms with Crippen LogP contribution < -0.4 is 0 Å². The zero-order valence-corrected chi connectivity index (χ0v) is 64.3. The normalized spacial score (nSPS) is 23.8. The van der Waals surface area contributed by atoms with Gasteiger partial charge in [-0.15, -0.1) is 0 Å². The van der Waals surface area contributed by atoms with Crippen LogP contribution in [0.3, 0.4) is 0 Å². The number of hydrogen-bond donors (Lipinski definition) is 0. The van der Waals surface area contributed by atoms with Gasteiger partial charge in [0.05, 0.1) is 0 Å². The van der Waals surface area contributed by atoms with Crippen molar-refractivity contribution in [1.82, 2.24) is 18.3 Å². The molecule has 6 saturated heterocycles. The first-order valence-corrected chi connectivity index (χ1v) is 41.8. The van der Waals surface area contributed by atoms with Gasteiger partial charge < -0.3 is 0 Å². The van der Waals surface area contributed by atoms with E-state index in [1.165, 1.54) is 11.1 Å². The number of rotatable bonds is 4. The molecule has 4 bridgehead atoms. The Morgan fingerprint density at radius 1 is 0.228 bits per heavy atom. The van der Waals surface area contributed by atoms with E-state index in [0.29, 0.717) is 0 Å². The third-order valence-electron chi connectivity index (χ3n) is 18.2. The molecule has 10 heterocycles. The molecule has 0 saturated carbocycles. The van der Waals surface area contributed by atoms with Gasteiger partial charge in [0.1, 0.15) is 0 Å². The number of aryl methyl sites for hydroxylation is 2. The molecule has 0 aliphatic carbocycles. The van der Waals surface area contributed by atoms with E-state index in [1.807, 2.05) is 36.4 Å². The number of nitrogens with zero attached hydrogens (tertiary/aromatic N) is 8. The van der Waals surface area contributed by atoms with E-state index in [9.17, 15) is 24.7 Å². The Balaban J connectivity index is 0.000000548. The number of benzene rings is 6. The number of hydrogen-bond acceptors (Lipinski definition) is 10. The van der Waals surface area contributed by atoms with Crippen molar-refractivity contribution in [2.24, 2.45) is 0 Å². The molecule has 10 aliphatic heterocycles. The molecule has 6 aromatic rings. The Kier molecular flexibility index (Phi) is 14.8. The molecule has 14 nitrogen and oxygen atoms in total. The predicted octanol–water partition coefficient (Wildman–Crippen LogP) is 15.1. The second kappa shape index (κ2) is 20.2. The fraction of sp³-hybridized carbons (Fsp3) is 0.459. The summed E-state index contributed by atoms with van der Waals surface area (Å²) in [5.74, 6) is 3.78. The van der Waals surface area contributed by atoms with E-state index in [-0.39, 0.29) is 0 Å². The molecular weight excluding hydrogens is 1210 g/mol. The predicted molar refractivity (Wildman–Crippen MR) is 381 cm³/mol. The Morgan fingerprint density at radius 3 is 0.478 bits per heavy atom. The summed E-state index contributed by atoms with van der Waals surface area (Å²) in [6.07, 6.45) is 0. The SMILES string of the molecule is CC(C)(C)N1C(c2ccccc2)=[N+](C(C)(C)C)[Si-]123O[Si-]1(O2)(O[Si-]24(O[Si-]5(O2)(O3)N(C(C)(C)C)C(c2ccccc2)=[N+]5C(C)(C)C)N(C(C)(C)C)C(c2ccccc2)=[N+]4C(C)(C)C)N(C(C)(C)C)C(c2ccccc2)=[N+]1C(C)(C)C.Cc1ccccc1.Cc1ccccc1. The maximum atomic E-state index is 9.23. The van der Waals surface area contributed by atoms with Gasteiger partial charge in [-0.2, -0.15) is 0 Å². The first-order valence-electron chi connectivity index (χ1n) is 33.3. The first kappa shape index (κ1) is 67.3. The molecule has 0 amide bonds. The Hall–Kier alpha value is -6.17. The molecular formula is C74H108N8O6Si4. The zero-order valence-electron chi connectivity index (χ0n) is 60.3. The molecule has 0 radical (unpaired) electrons.